The van der Waals surface area contributed by atoms with Crippen molar-refractivity contribution in [2.75, 3.05) is 32.0 Å². The monoisotopic (exact) mass is 365 g/mol. The van der Waals surface area contributed by atoms with E-state index in [1.165, 1.54) is 16.9 Å². The number of ether oxygens (including phenoxy) is 3. The molecule has 0 bridgehead atoms. The minimum Gasteiger partial charge on any atom is -0.451 e. The maximum atomic E-state index is 12.8. The molecule has 0 spiro atoms. The van der Waals surface area contributed by atoms with Crippen LogP contribution in [-0.2, 0) is 14.3 Å². The molecule has 1 N–H and O–H groups in total. The number of carbonyl (C=O) groups excluding carboxylic acids is 2. The number of esters is 1. The number of hydrogen-bond acceptors (Lipinski definition) is 7. The topological polar surface area (TPSA) is 99.1 Å². The molecule has 26 heavy (non-hydrogen) atoms. The Kier molecular flexibility index (Phi) is 5.46. The van der Waals surface area contributed by atoms with Crippen LogP contribution in [0.2, 0.25) is 0 Å². The predicted octanol–water partition coefficient (Wildman–Crippen LogP) is 0.520. The average Bonchev–Trinajstić information content (AvgIpc) is 2.63. The zero-order valence-electron chi connectivity index (χ0n) is 14.9. The van der Waals surface area contributed by atoms with Gasteiger partial charge in [0.1, 0.15) is 6.17 Å². The molecule has 0 saturated carbocycles. The molecule has 3 rings (SSSR count). The van der Waals surface area contributed by atoms with E-state index < -0.39 is 18.2 Å². The smallest absolute Gasteiger partial charge is 0.308 e. The Bertz CT molecular complexity index is 747. The molecule has 1 aromatic rings. The van der Waals surface area contributed by atoms with Gasteiger partial charge in [0.2, 0.25) is 18.0 Å². The van der Waals surface area contributed by atoms with Gasteiger partial charge in [-0.25, -0.2) is 0 Å². The van der Waals surface area contributed by atoms with E-state index in [4.69, 9.17) is 14.2 Å². The van der Waals surface area contributed by atoms with Crippen LogP contribution in [0.15, 0.2) is 17.1 Å². The zero-order chi connectivity index (χ0) is 18.7. The van der Waals surface area contributed by atoms with Gasteiger partial charge in [-0.15, -0.1) is 0 Å². The number of nitrogens with zero attached hydrogens (tertiary/aromatic N) is 2. The number of hydrogen-bond donors (Lipinski definition) is 1. The van der Waals surface area contributed by atoms with Crippen LogP contribution in [0, 0.1) is 5.92 Å². The second-order valence-electron chi connectivity index (χ2n) is 6.44. The number of morpholine rings is 1. The summed E-state index contributed by atoms with van der Waals surface area (Å²) in [6, 6.07) is 1.29. The van der Waals surface area contributed by atoms with E-state index in [2.05, 4.69) is 5.43 Å². The average molecular weight is 365 g/mol. The second kappa shape index (κ2) is 7.77. The van der Waals surface area contributed by atoms with Crippen molar-refractivity contribution in [3.05, 3.63) is 28.2 Å². The minimum atomic E-state index is -0.448. The summed E-state index contributed by atoms with van der Waals surface area (Å²) in [5.41, 5.74) is 2.74. The number of pyridine rings is 1. The Labute approximate surface area is 150 Å². The lowest BCUT2D eigenvalue weighted by molar-refractivity contribution is -0.151. The molecule has 0 aliphatic carbocycles. The number of amides is 1. The van der Waals surface area contributed by atoms with Crippen molar-refractivity contribution in [3.63, 3.8) is 0 Å². The van der Waals surface area contributed by atoms with Gasteiger partial charge in [-0.3, -0.25) is 19.1 Å². The highest BCUT2D eigenvalue weighted by atomic mass is 16.7. The van der Waals surface area contributed by atoms with Crippen molar-refractivity contribution in [2.24, 2.45) is 5.92 Å². The Morgan fingerprint density at radius 2 is 2.27 bits per heavy atom. The lowest BCUT2D eigenvalue weighted by Gasteiger charge is -2.41. The number of nitrogens with one attached hydrogen (secondary N) is 1. The second-order valence-corrected chi connectivity index (χ2v) is 6.44. The Hall–Kier alpha value is -2.55. The molecule has 1 fully saturated rings. The summed E-state index contributed by atoms with van der Waals surface area (Å²) in [4.78, 5) is 38.3. The lowest BCUT2D eigenvalue weighted by atomic mass is 10.1. The lowest BCUT2D eigenvalue weighted by Crippen LogP contribution is -2.59. The largest absolute Gasteiger partial charge is 0.451 e. The summed E-state index contributed by atoms with van der Waals surface area (Å²) in [6.07, 6.45) is 2.32. The number of fused-ring (bicyclic) bond motifs is 2. The summed E-state index contributed by atoms with van der Waals surface area (Å²) in [6.45, 7) is 4.74. The standard InChI is InChI=1S/C17H23N3O6/c1-3-11(2)8-14(22)25-10-26-16-12(21)4-5-20-15(16)17(23)19-6-7-24-9-13(19)18-20/h4-5,11,13,18H,3,6-10H2,1-2H3. The Morgan fingerprint density at radius 1 is 1.46 bits per heavy atom. The highest BCUT2D eigenvalue weighted by Crippen LogP contribution is 2.22. The SMILES string of the molecule is CCC(C)CC(=O)OCOc1c2n(ccc1=O)NC1COCCN1C2=O. The third kappa shape index (κ3) is 3.67. The van der Waals surface area contributed by atoms with E-state index in [1.54, 1.807) is 4.90 Å². The number of rotatable bonds is 6. The molecule has 2 unspecified atom stereocenters. The normalized spacial score (nSPS) is 19.8. The third-order valence-electron chi connectivity index (χ3n) is 4.57. The van der Waals surface area contributed by atoms with E-state index >= 15 is 0 Å². The van der Waals surface area contributed by atoms with E-state index in [9.17, 15) is 14.4 Å². The molecule has 2 aliphatic heterocycles. The highest BCUT2D eigenvalue weighted by molar-refractivity contribution is 5.96. The van der Waals surface area contributed by atoms with Gasteiger partial charge in [0, 0.05) is 25.2 Å². The summed E-state index contributed by atoms with van der Waals surface area (Å²) in [7, 11) is 0. The van der Waals surface area contributed by atoms with Crippen LogP contribution in [-0.4, -0.2) is 54.2 Å². The van der Waals surface area contributed by atoms with Crippen LogP contribution in [0.3, 0.4) is 0 Å². The van der Waals surface area contributed by atoms with Crippen LogP contribution in [0.25, 0.3) is 0 Å². The van der Waals surface area contributed by atoms with Crippen molar-refractivity contribution >= 4 is 11.9 Å². The Morgan fingerprint density at radius 3 is 3.04 bits per heavy atom. The van der Waals surface area contributed by atoms with E-state index in [0.717, 1.165) is 6.42 Å². The first-order chi connectivity index (χ1) is 12.5. The molecule has 0 radical (unpaired) electrons. The molecular weight excluding hydrogens is 342 g/mol. The van der Waals surface area contributed by atoms with Crippen LogP contribution in [0.1, 0.15) is 37.2 Å². The van der Waals surface area contributed by atoms with Crippen molar-refractivity contribution in [2.45, 2.75) is 32.9 Å². The zero-order valence-corrected chi connectivity index (χ0v) is 14.9. The maximum Gasteiger partial charge on any atom is 0.308 e. The van der Waals surface area contributed by atoms with Gasteiger partial charge >= 0.3 is 5.97 Å². The van der Waals surface area contributed by atoms with Gasteiger partial charge in [0.25, 0.3) is 5.91 Å². The molecule has 3 heterocycles. The summed E-state index contributed by atoms with van der Waals surface area (Å²) < 4.78 is 17.2. The quantitative estimate of drug-likeness (QED) is 0.579. The first kappa shape index (κ1) is 18.2. The predicted molar refractivity (Wildman–Crippen MR) is 91.4 cm³/mol. The van der Waals surface area contributed by atoms with Gasteiger partial charge < -0.3 is 24.5 Å². The molecule has 9 heteroatoms. The third-order valence-corrected chi connectivity index (χ3v) is 4.57. The fourth-order valence-electron chi connectivity index (χ4n) is 2.86. The summed E-state index contributed by atoms with van der Waals surface area (Å²) in [5.74, 6) is -0.648. The first-order valence-electron chi connectivity index (χ1n) is 8.70. The maximum absolute atomic E-state index is 12.8. The van der Waals surface area contributed by atoms with E-state index in [-0.39, 0.29) is 35.9 Å². The van der Waals surface area contributed by atoms with Gasteiger partial charge in [-0.1, -0.05) is 20.3 Å². The molecular formula is C17H23N3O6. The van der Waals surface area contributed by atoms with Crippen molar-refractivity contribution < 1.29 is 23.8 Å². The molecule has 1 amide bonds. The van der Waals surface area contributed by atoms with Crippen LogP contribution in [0.5, 0.6) is 5.75 Å². The van der Waals surface area contributed by atoms with Crippen LogP contribution < -0.4 is 15.6 Å². The van der Waals surface area contributed by atoms with Gasteiger partial charge in [0.05, 0.1) is 13.2 Å². The van der Waals surface area contributed by atoms with Crippen LogP contribution in [0.4, 0.5) is 0 Å². The number of aromatic nitrogens is 1. The molecule has 1 saturated heterocycles. The number of carbonyl (C=O) groups is 2. The minimum absolute atomic E-state index is 0.0913. The Balaban J connectivity index is 1.74. The fourth-order valence-corrected chi connectivity index (χ4v) is 2.86. The molecule has 2 aliphatic rings. The molecule has 2 atom stereocenters. The van der Waals surface area contributed by atoms with Crippen molar-refractivity contribution in [3.8, 4) is 5.75 Å². The highest BCUT2D eigenvalue weighted by Gasteiger charge is 2.36. The molecule has 1 aromatic heterocycles. The van der Waals surface area contributed by atoms with Crippen LogP contribution >= 0.6 is 0 Å². The molecule has 9 nitrogen and oxygen atoms in total. The molecule has 142 valence electrons. The van der Waals surface area contributed by atoms with Crippen molar-refractivity contribution in [1.82, 2.24) is 9.58 Å². The van der Waals surface area contributed by atoms with E-state index in [0.29, 0.717) is 19.8 Å². The summed E-state index contributed by atoms with van der Waals surface area (Å²) in [5, 5.41) is 0. The molecule has 0 aromatic carbocycles. The fraction of sp³-hybridized carbons (Fsp3) is 0.588. The summed E-state index contributed by atoms with van der Waals surface area (Å²) >= 11 is 0. The first-order valence-corrected chi connectivity index (χ1v) is 8.70. The van der Waals surface area contributed by atoms with Gasteiger partial charge in [-0.2, -0.15) is 0 Å². The van der Waals surface area contributed by atoms with Gasteiger partial charge in [-0.05, 0) is 5.92 Å². The van der Waals surface area contributed by atoms with Gasteiger partial charge in [0.15, 0.2) is 5.69 Å². The van der Waals surface area contributed by atoms with Crippen molar-refractivity contribution in [1.29, 1.82) is 0 Å². The van der Waals surface area contributed by atoms with E-state index in [1.807, 2.05) is 13.8 Å².